The van der Waals surface area contributed by atoms with Crippen LogP contribution in [0, 0.1) is 0 Å². The van der Waals surface area contributed by atoms with Gasteiger partial charge in [-0.2, -0.15) is 5.10 Å². The van der Waals surface area contributed by atoms with Gasteiger partial charge in [0.1, 0.15) is 17.1 Å². The van der Waals surface area contributed by atoms with Crippen LogP contribution in [-0.4, -0.2) is 38.7 Å². The molecule has 0 radical (unpaired) electrons. The second-order valence-corrected chi connectivity index (χ2v) is 6.29. The van der Waals surface area contributed by atoms with Crippen LogP contribution < -0.4 is 15.6 Å². The first kappa shape index (κ1) is 18.9. The van der Waals surface area contributed by atoms with Crippen LogP contribution in [0.5, 0.6) is 5.75 Å². The van der Waals surface area contributed by atoms with Crippen molar-refractivity contribution in [1.82, 2.24) is 30.6 Å². The van der Waals surface area contributed by atoms with E-state index in [2.05, 4.69) is 26.0 Å². The lowest BCUT2D eigenvalue weighted by Gasteiger charge is -2.09. The van der Waals surface area contributed by atoms with Gasteiger partial charge >= 0.3 is 0 Å². The molecule has 0 saturated carbocycles. The maximum Gasteiger partial charge on any atom is 0.288 e. The van der Waals surface area contributed by atoms with Crippen molar-refractivity contribution < 1.29 is 14.3 Å². The SMILES string of the molecule is COc1ccc(-c2cc(C(=O)NNC(=O)c3cncn3-c3ccccc3)[nH]n2)cc1. The lowest BCUT2D eigenvalue weighted by molar-refractivity contribution is 0.0840. The number of hydrogen-bond acceptors (Lipinski definition) is 5. The summed E-state index contributed by atoms with van der Waals surface area (Å²) in [6.45, 7) is 0. The van der Waals surface area contributed by atoms with E-state index in [-0.39, 0.29) is 11.4 Å². The van der Waals surface area contributed by atoms with E-state index >= 15 is 0 Å². The molecular formula is C21H18N6O3. The van der Waals surface area contributed by atoms with E-state index in [1.165, 1.54) is 12.5 Å². The number of nitrogens with one attached hydrogen (secondary N) is 3. The third kappa shape index (κ3) is 3.90. The average Bonchev–Trinajstić information content (AvgIpc) is 3.48. The Bertz CT molecular complexity index is 1160. The quantitative estimate of drug-likeness (QED) is 0.444. The molecule has 0 fully saturated rings. The first-order valence-corrected chi connectivity index (χ1v) is 9.04. The van der Waals surface area contributed by atoms with E-state index in [0.29, 0.717) is 5.69 Å². The van der Waals surface area contributed by atoms with Crippen LogP contribution in [0.3, 0.4) is 0 Å². The van der Waals surface area contributed by atoms with Crippen molar-refractivity contribution in [3.8, 4) is 22.7 Å². The molecule has 4 aromatic rings. The molecular weight excluding hydrogens is 384 g/mol. The number of H-pyrrole nitrogens is 1. The van der Waals surface area contributed by atoms with Gasteiger partial charge in [-0.15, -0.1) is 0 Å². The third-order valence-corrected chi connectivity index (χ3v) is 4.40. The second kappa shape index (κ2) is 8.31. The van der Waals surface area contributed by atoms with Crippen molar-refractivity contribution in [1.29, 1.82) is 0 Å². The molecule has 30 heavy (non-hydrogen) atoms. The summed E-state index contributed by atoms with van der Waals surface area (Å²) < 4.78 is 6.76. The Balaban J connectivity index is 1.41. The zero-order valence-corrected chi connectivity index (χ0v) is 16.0. The number of carbonyl (C=O) groups excluding carboxylic acids is 2. The van der Waals surface area contributed by atoms with Gasteiger partial charge in [0.2, 0.25) is 0 Å². The van der Waals surface area contributed by atoms with E-state index in [9.17, 15) is 9.59 Å². The van der Waals surface area contributed by atoms with Crippen LogP contribution in [0.2, 0.25) is 0 Å². The lowest BCUT2D eigenvalue weighted by atomic mass is 10.1. The van der Waals surface area contributed by atoms with Crippen molar-refractivity contribution in [2.45, 2.75) is 0 Å². The molecule has 2 amide bonds. The smallest absolute Gasteiger partial charge is 0.288 e. The van der Waals surface area contributed by atoms with E-state index in [1.807, 2.05) is 42.5 Å². The summed E-state index contributed by atoms with van der Waals surface area (Å²) >= 11 is 0. The van der Waals surface area contributed by atoms with Crippen LogP contribution in [0.1, 0.15) is 21.0 Å². The van der Waals surface area contributed by atoms with Gasteiger partial charge in [-0.1, -0.05) is 18.2 Å². The van der Waals surface area contributed by atoms with Crippen LogP contribution in [-0.2, 0) is 0 Å². The summed E-state index contributed by atoms with van der Waals surface area (Å²) in [6, 6.07) is 18.2. The molecule has 2 heterocycles. The predicted octanol–water partition coefficient (Wildman–Crippen LogP) is 2.35. The van der Waals surface area contributed by atoms with Crippen molar-refractivity contribution in [2.24, 2.45) is 0 Å². The average molecular weight is 402 g/mol. The van der Waals surface area contributed by atoms with Crippen molar-refractivity contribution in [3.05, 3.63) is 84.6 Å². The fraction of sp³-hybridized carbons (Fsp3) is 0.0476. The maximum atomic E-state index is 12.5. The summed E-state index contributed by atoms with van der Waals surface area (Å²) in [5.41, 5.74) is 7.46. The van der Waals surface area contributed by atoms with Crippen LogP contribution in [0.15, 0.2) is 73.2 Å². The molecule has 2 aromatic heterocycles. The number of methoxy groups -OCH3 is 1. The molecule has 0 spiro atoms. The number of hydrogen-bond donors (Lipinski definition) is 3. The van der Waals surface area contributed by atoms with E-state index in [1.54, 1.807) is 29.9 Å². The van der Waals surface area contributed by atoms with Crippen molar-refractivity contribution in [2.75, 3.05) is 7.11 Å². The fourth-order valence-corrected chi connectivity index (χ4v) is 2.85. The number of hydrazine groups is 1. The summed E-state index contributed by atoms with van der Waals surface area (Å²) in [4.78, 5) is 28.9. The van der Waals surface area contributed by atoms with E-state index in [0.717, 1.165) is 17.0 Å². The first-order chi connectivity index (χ1) is 14.7. The standard InChI is InChI=1S/C21H18N6O3/c1-30-16-9-7-14(8-10-16)17-11-18(24-23-17)20(28)25-26-21(29)19-12-22-13-27(19)15-5-3-2-4-6-15/h2-13H,1H3,(H,23,24)(H,25,28)(H,26,29). The normalized spacial score (nSPS) is 10.4. The number of rotatable bonds is 5. The number of imidazole rings is 1. The lowest BCUT2D eigenvalue weighted by Crippen LogP contribution is -2.42. The molecule has 9 heteroatoms. The van der Waals surface area contributed by atoms with Crippen molar-refractivity contribution in [3.63, 3.8) is 0 Å². The minimum Gasteiger partial charge on any atom is -0.497 e. The van der Waals surface area contributed by atoms with Crippen LogP contribution in [0.25, 0.3) is 16.9 Å². The topological polar surface area (TPSA) is 114 Å². The monoisotopic (exact) mass is 402 g/mol. The molecule has 4 rings (SSSR count). The van der Waals surface area contributed by atoms with Crippen LogP contribution in [0.4, 0.5) is 0 Å². The number of benzene rings is 2. The van der Waals surface area contributed by atoms with Gasteiger partial charge < -0.3 is 4.74 Å². The molecule has 2 aromatic carbocycles. The Hall–Kier alpha value is -4.40. The van der Waals surface area contributed by atoms with Crippen molar-refractivity contribution >= 4 is 11.8 Å². The molecule has 0 aliphatic carbocycles. The highest BCUT2D eigenvalue weighted by Crippen LogP contribution is 2.21. The first-order valence-electron chi connectivity index (χ1n) is 9.04. The van der Waals surface area contributed by atoms with E-state index < -0.39 is 11.8 Å². The Kier molecular flexibility index (Phi) is 5.25. The van der Waals surface area contributed by atoms with Gasteiger partial charge in [-0.05, 0) is 42.5 Å². The summed E-state index contributed by atoms with van der Waals surface area (Å²) in [7, 11) is 1.59. The molecule has 0 atom stereocenters. The Morgan fingerprint density at radius 1 is 1.00 bits per heavy atom. The molecule has 0 unspecified atom stereocenters. The molecule has 3 N–H and O–H groups in total. The maximum absolute atomic E-state index is 12.5. The van der Waals surface area contributed by atoms with Gasteiger partial charge in [0.15, 0.2) is 0 Å². The Labute approximate surface area is 171 Å². The molecule has 0 aliphatic heterocycles. The van der Waals surface area contributed by atoms with E-state index in [4.69, 9.17) is 4.74 Å². The number of aromatic amines is 1. The number of aromatic nitrogens is 4. The molecule has 9 nitrogen and oxygen atoms in total. The van der Waals surface area contributed by atoms with Gasteiger partial charge in [0.05, 0.1) is 25.3 Å². The highest BCUT2D eigenvalue weighted by molar-refractivity contribution is 5.98. The Morgan fingerprint density at radius 2 is 1.73 bits per heavy atom. The summed E-state index contributed by atoms with van der Waals surface area (Å²) in [6.07, 6.45) is 2.95. The highest BCUT2D eigenvalue weighted by atomic mass is 16.5. The van der Waals surface area contributed by atoms with Gasteiger partial charge in [-0.25, -0.2) is 4.98 Å². The number of carbonyl (C=O) groups is 2. The minimum atomic E-state index is -0.526. The van der Waals surface area contributed by atoms with Gasteiger partial charge in [0.25, 0.3) is 11.8 Å². The van der Waals surface area contributed by atoms with Gasteiger partial charge in [-0.3, -0.25) is 30.1 Å². The second-order valence-electron chi connectivity index (χ2n) is 6.29. The summed E-state index contributed by atoms with van der Waals surface area (Å²) in [5, 5.41) is 6.81. The molecule has 0 aliphatic rings. The largest absolute Gasteiger partial charge is 0.497 e. The highest BCUT2D eigenvalue weighted by Gasteiger charge is 2.16. The molecule has 0 bridgehead atoms. The molecule has 0 saturated heterocycles. The zero-order chi connectivity index (χ0) is 20.9. The van der Waals surface area contributed by atoms with Crippen LogP contribution >= 0.6 is 0 Å². The number of para-hydroxylation sites is 1. The van der Waals surface area contributed by atoms with Gasteiger partial charge in [0, 0.05) is 11.3 Å². The Morgan fingerprint density at radius 3 is 2.47 bits per heavy atom. The minimum absolute atomic E-state index is 0.206. The number of amides is 2. The fourth-order valence-electron chi connectivity index (χ4n) is 2.85. The zero-order valence-electron chi connectivity index (χ0n) is 16.0. The molecule has 150 valence electrons. The number of nitrogens with zero attached hydrogens (tertiary/aromatic N) is 3. The summed E-state index contributed by atoms with van der Waals surface area (Å²) in [5.74, 6) is -0.300. The predicted molar refractivity (Wildman–Crippen MR) is 109 cm³/mol. The third-order valence-electron chi connectivity index (χ3n) is 4.40. The number of ether oxygens (including phenoxy) is 1.